The normalized spacial score (nSPS) is 10.3. The fourth-order valence-electron chi connectivity index (χ4n) is 1.84. The molecule has 0 aliphatic rings. The highest BCUT2D eigenvalue weighted by atomic mass is 16.5. The summed E-state index contributed by atoms with van der Waals surface area (Å²) in [6.45, 7) is 2.61. The maximum Gasteiger partial charge on any atom is 0.221 e. The summed E-state index contributed by atoms with van der Waals surface area (Å²) in [6.07, 6.45) is 1.37. The first-order chi connectivity index (χ1) is 9.77. The Labute approximate surface area is 120 Å². The number of hydrogen-bond donors (Lipinski definition) is 2. The van der Waals surface area contributed by atoms with Crippen molar-refractivity contribution in [2.24, 2.45) is 0 Å². The van der Waals surface area contributed by atoms with E-state index in [0.717, 1.165) is 18.7 Å². The molecule has 2 N–H and O–H groups in total. The number of nitrogens with one attached hydrogen (secondary N) is 2. The summed E-state index contributed by atoms with van der Waals surface area (Å²) >= 11 is 0. The van der Waals surface area contributed by atoms with Crippen LogP contribution in [0, 0.1) is 0 Å². The van der Waals surface area contributed by atoms with Gasteiger partial charge in [-0.05, 0) is 24.6 Å². The topological polar surface area (TPSA) is 59.6 Å². The first-order valence-electron chi connectivity index (χ1n) is 6.86. The average molecular weight is 280 g/mol. The van der Waals surface area contributed by atoms with Crippen LogP contribution in [0.25, 0.3) is 0 Å². The highest BCUT2D eigenvalue weighted by Gasteiger charge is 2.02. The highest BCUT2D eigenvalue weighted by Crippen LogP contribution is 2.17. The smallest absolute Gasteiger partial charge is 0.221 e. The number of ether oxygens (including phenoxy) is 2. The molecule has 20 heavy (non-hydrogen) atoms. The van der Waals surface area contributed by atoms with Gasteiger partial charge in [0.25, 0.3) is 0 Å². The van der Waals surface area contributed by atoms with Gasteiger partial charge < -0.3 is 20.1 Å². The maximum absolute atomic E-state index is 11.4. The van der Waals surface area contributed by atoms with Crippen LogP contribution in [0.4, 0.5) is 0 Å². The molecule has 1 amide bonds. The van der Waals surface area contributed by atoms with Crippen molar-refractivity contribution in [3.63, 3.8) is 0 Å². The highest BCUT2D eigenvalue weighted by molar-refractivity contribution is 5.75. The van der Waals surface area contributed by atoms with E-state index in [-0.39, 0.29) is 5.91 Å². The first-order valence-corrected chi connectivity index (χ1v) is 6.86. The fourth-order valence-corrected chi connectivity index (χ4v) is 1.84. The predicted octanol–water partition coefficient (Wildman–Crippen LogP) is 0.980. The summed E-state index contributed by atoms with van der Waals surface area (Å²) in [5.74, 6) is 0.957. The minimum Gasteiger partial charge on any atom is -0.496 e. The zero-order valence-electron chi connectivity index (χ0n) is 12.3. The Morgan fingerprint density at radius 3 is 2.70 bits per heavy atom. The molecule has 0 unspecified atom stereocenters. The summed E-state index contributed by atoms with van der Waals surface area (Å²) in [5.41, 5.74) is 1.17. The number of carbonyl (C=O) groups is 1. The van der Waals surface area contributed by atoms with Crippen molar-refractivity contribution in [2.75, 3.05) is 40.5 Å². The SMILES string of the molecule is COCCNC(=O)CCNCCc1ccccc1OC. The Balaban J connectivity index is 2.11. The minimum atomic E-state index is 0.0480. The van der Waals surface area contributed by atoms with Crippen molar-refractivity contribution in [1.82, 2.24) is 10.6 Å². The first kappa shape index (κ1) is 16.5. The van der Waals surface area contributed by atoms with E-state index in [2.05, 4.69) is 16.7 Å². The Bertz CT molecular complexity index is 396. The summed E-state index contributed by atoms with van der Waals surface area (Å²) in [5, 5.41) is 6.05. The van der Waals surface area contributed by atoms with Gasteiger partial charge in [-0.25, -0.2) is 0 Å². The van der Waals surface area contributed by atoms with Crippen LogP contribution in [0.2, 0.25) is 0 Å². The van der Waals surface area contributed by atoms with Crippen LogP contribution in [0.1, 0.15) is 12.0 Å². The Morgan fingerprint density at radius 2 is 1.95 bits per heavy atom. The van der Waals surface area contributed by atoms with Crippen molar-refractivity contribution in [2.45, 2.75) is 12.8 Å². The monoisotopic (exact) mass is 280 g/mol. The molecule has 0 fully saturated rings. The molecule has 1 aromatic carbocycles. The largest absolute Gasteiger partial charge is 0.496 e. The molecule has 0 bridgehead atoms. The van der Waals surface area contributed by atoms with Gasteiger partial charge in [0.05, 0.1) is 13.7 Å². The van der Waals surface area contributed by atoms with Crippen LogP contribution in [-0.2, 0) is 16.0 Å². The van der Waals surface area contributed by atoms with Gasteiger partial charge in [0.15, 0.2) is 0 Å². The number of methoxy groups -OCH3 is 2. The summed E-state index contributed by atoms with van der Waals surface area (Å²) < 4.78 is 10.2. The van der Waals surface area contributed by atoms with Gasteiger partial charge >= 0.3 is 0 Å². The molecule has 0 atom stereocenters. The molecule has 0 spiro atoms. The quantitative estimate of drug-likeness (QED) is 0.627. The van der Waals surface area contributed by atoms with Crippen molar-refractivity contribution >= 4 is 5.91 Å². The third-order valence-corrected chi connectivity index (χ3v) is 2.92. The van der Waals surface area contributed by atoms with E-state index < -0.39 is 0 Å². The fraction of sp³-hybridized carbons (Fsp3) is 0.533. The second kappa shape index (κ2) is 10.2. The zero-order valence-corrected chi connectivity index (χ0v) is 12.3. The molecule has 0 saturated carbocycles. The van der Waals surface area contributed by atoms with Gasteiger partial charge in [0, 0.05) is 26.6 Å². The van der Waals surface area contributed by atoms with Gasteiger partial charge in [-0.3, -0.25) is 4.79 Å². The molecule has 5 nitrogen and oxygen atoms in total. The van der Waals surface area contributed by atoms with E-state index in [4.69, 9.17) is 9.47 Å². The lowest BCUT2D eigenvalue weighted by atomic mass is 10.1. The molecule has 1 rings (SSSR count). The number of hydrogen-bond acceptors (Lipinski definition) is 4. The summed E-state index contributed by atoms with van der Waals surface area (Å²) in [4.78, 5) is 11.4. The van der Waals surface area contributed by atoms with Crippen LogP contribution in [-0.4, -0.2) is 46.4 Å². The van der Waals surface area contributed by atoms with E-state index in [9.17, 15) is 4.79 Å². The second-order valence-corrected chi connectivity index (χ2v) is 4.40. The molecule has 5 heteroatoms. The Kier molecular flexibility index (Phi) is 8.42. The van der Waals surface area contributed by atoms with Crippen LogP contribution in [0.3, 0.4) is 0 Å². The Morgan fingerprint density at radius 1 is 1.15 bits per heavy atom. The Hall–Kier alpha value is -1.59. The van der Waals surface area contributed by atoms with Gasteiger partial charge in [0.2, 0.25) is 5.91 Å². The molecule has 0 aliphatic heterocycles. The molecular formula is C15H24N2O3. The number of rotatable bonds is 10. The summed E-state index contributed by atoms with van der Waals surface area (Å²) in [7, 11) is 3.29. The van der Waals surface area contributed by atoms with Gasteiger partial charge in [0.1, 0.15) is 5.75 Å². The third-order valence-electron chi connectivity index (χ3n) is 2.92. The van der Waals surface area contributed by atoms with Gasteiger partial charge in [-0.2, -0.15) is 0 Å². The lowest BCUT2D eigenvalue weighted by Gasteiger charge is -2.09. The van der Waals surface area contributed by atoms with E-state index in [1.807, 2.05) is 18.2 Å². The maximum atomic E-state index is 11.4. The standard InChI is InChI=1S/C15H24N2O3/c1-19-12-11-17-15(18)8-10-16-9-7-13-5-3-4-6-14(13)20-2/h3-6,16H,7-12H2,1-2H3,(H,17,18). The zero-order chi connectivity index (χ0) is 14.6. The van der Waals surface area contributed by atoms with Crippen LogP contribution >= 0.6 is 0 Å². The lowest BCUT2D eigenvalue weighted by Crippen LogP contribution is -2.30. The molecule has 0 heterocycles. The van der Waals surface area contributed by atoms with Crippen molar-refractivity contribution in [3.8, 4) is 5.75 Å². The van der Waals surface area contributed by atoms with Crippen molar-refractivity contribution in [3.05, 3.63) is 29.8 Å². The van der Waals surface area contributed by atoms with Crippen LogP contribution < -0.4 is 15.4 Å². The number of para-hydroxylation sites is 1. The van der Waals surface area contributed by atoms with E-state index in [0.29, 0.717) is 26.1 Å². The molecule has 0 saturated heterocycles. The minimum absolute atomic E-state index is 0.0480. The van der Waals surface area contributed by atoms with Gasteiger partial charge in [-0.15, -0.1) is 0 Å². The molecular weight excluding hydrogens is 256 g/mol. The lowest BCUT2D eigenvalue weighted by molar-refractivity contribution is -0.121. The van der Waals surface area contributed by atoms with Crippen molar-refractivity contribution in [1.29, 1.82) is 0 Å². The van der Waals surface area contributed by atoms with Crippen molar-refractivity contribution < 1.29 is 14.3 Å². The molecule has 112 valence electrons. The van der Waals surface area contributed by atoms with Crippen LogP contribution in [0.15, 0.2) is 24.3 Å². The van der Waals surface area contributed by atoms with E-state index >= 15 is 0 Å². The van der Waals surface area contributed by atoms with E-state index in [1.165, 1.54) is 5.56 Å². The molecule has 0 radical (unpaired) electrons. The van der Waals surface area contributed by atoms with E-state index in [1.54, 1.807) is 14.2 Å². The number of benzene rings is 1. The molecule has 1 aromatic rings. The number of amides is 1. The predicted molar refractivity (Wildman–Crippen MR) is 79.1 cm³/mol. The average Bonchev–Trinajstić information content (AvgIpc) is 2.47. The summed E-state index contributed by atoms with van der Waals surface area (Å²) in [6, 6.07) is 7.97. The third kappa shape index (κ3) is 6.54. The molecule has 0 aromatic heterocycles. The second-order valence-electron chi connectivity index (χ2n) is 4.40. The molecule has 0 aliphatic carbocycles. The number of carbonyl (C=O) groups excluding carboxylic acids is 1. The van der Waals surface area contributed by atoms with Gasteiger partial charge in [-0.1, -0.05) is 18.2 Å². The van der Waals surface area contributed by atoms with Crippen LogP contribution in [0.5, 0.6) is 5.75 Å².